The van der Waals surface area contributed by atoms with Crippen LogP contribution in [0.25, 0.3) is 10.9 Å². The molecule has 0 spiro atoms. The Morgan fingerprint density at radius 3 is 2.72 bits per heavy atom. The van der Waals surface area contributed by atoms with E-state index in [9.17, 15) is 4.79 Å². The molecule has 1 saturated heterocycles. The predicted molar refractivity (Wildman–Crippen MR) is 113 cm³/mol. The van der Waals surface area contributed by atoms with E-state index >= 15 is 0 Å². The smallest absolute Gasteiger partial charge is 0.229 e. The number of nitrogens with zero attached hydrogens (tertiary/aromatic N) is 4. The van der Waals surface area contributed by atoms with Gasteiger partial charge in [-0.3, -0.25) is 9.78 Å². The molecule has 1 fully saturated rings. The van der Waals surface area contributed by atoms with Crippen LogP contribution in [0.4, 0.5) is 11.6 Å². The highest BCUT2D eigenvalue weighted by Gasteiger charge is 2.27. The van der Waals surface area contributed by atoms with Gasteiger partial charge in [0.2, 0.25) is 11.9 Å². The first-order valence-corrected chi connectivity index (χ1v) is 9.84. The van der Waals surface area contributed by atoms with Gasteiger partial charge < -0.3 is 15.0 Å². The fourth-order valence-electron chi connectivity index (χ4n) is 3.76. The molecule has 7 heteroatoms. The molecule has 1 aliphatic rings. The van der Waals surface area contributed by atoms with Gasteiger partial charge >= 0.3 is 0 Å². The molecule has 2 aromatic heterocycles. The number of aromatic nitrogens is 3. The second kappa shape index (κ2) is 8.03. The zero-order valence-electron chi connectivity index (χ0n) is 17.0. The zero-order valence-corrected chi connectivity index (χ0v) is 17.0. The highest BCUT2D eigenvalue weighted by molar-refractivity contribution is 5.95. The van der Waals surface area contributed by atoms with Crippen molar-refractivity contribution in [2.45, 2.75) is 26.7 Å². The first kappa shape index (κ1) is 19.1. The molecule has 0 aliphatic carbocycles. The Labute approximate surface area is 170 Å². The van der Waals surface area contributed by atoms with Gasteiger partial charge in [-0.2, -0.15) is 0 Å². The lowest BCUT2D eigenvalue weighted by atomic mass is 9.97. The Morgan fingerprint density at radius 1 is 1.17 bits per heavy atom. The third kappa shape index (κ3) is 4.29. The molecule has 1 atom stereocenters. The second-order valence-electron chi connectivity index (χ2n) is 7.51. The molecule has 0 radical (unpaired) electrons. The molecule has 1 amide bonds. The fourth-order valence-corrected chi connectivity index (χ4v) is 3.76. The van der Waals surface area contributed by atoms with E-state index in [1.54, 1.807) is 13.3 Å². The first-order chi connectivity index (χ1) is 14.0. The number of hydrogen-bond acceptors (Lipinski definition) is 6. The van der Waals surface area contributed by atoms with Gasteiger partial charge in [-0.25, -0.2) is 9.97 Å². The zero-order chi connectivity index (χ0) is 20.4. The number of anilines is 2. The van der Waals surface area contributed by atoms with Crippen molar-refractivity contribution in [3.05, 3.63) is 47.9 Å². The first-order valence-electron chi connectivity index (χ1n) is 9.84. The van der Waals surface area contributed by atoms with Crippen LogP contribution in [0.5, 0.6) is 5.75 Å². The van der Waals surface area contributed by atoms with Crippen LogP contribution >= 0.6 is 0 Å². The monoisotopic (exact) mass is 391 g/mol. The number of amides is 1. The van der Waals surface area contributed by atoms with Crippen molar-refractivity contribution in [1.29, 1.82) is 0 Å². The van der Waals surface area contributed by atoms with Crippen LogP contribution in [-0.2, 0) is 4.79 Å². The lowest BCUT2D eigenvalue weighted by Gasteiger charge is -2.32. The summed E-state index contributed by atoms with van der Waals surface area (Å²) in [6.07, 6.45) is 3.48. The van der Waals surface area contributed by atoms with Crippen LogP contribution in [0.1, 0.15) is 24.2 Å². The van der Waals surface area contributed by atoms with Crippen molar-refractivity contribution in [2.75, 3.05) is 30.4 Å². The van der Waals surface area contributed by atoms with E-state index in [0.29, 0.717) is 18.2 Å². The summed E-state index contributed by atoms with van der Waals surface area (Å²) >= 11 is 0. The van der Waals surface area contributed by atoms with Crippen molar-refractivity contribution >= 4 is 28.4 Å². The lowest BCUT2D eigenvalue weighted by molar-refractivity contribution is -0.120. The molecule has 3 aromatic rings. The van der Waals surface area contributed by atoms with Gasteiger partial charge in [0.1, 0.15) is 5.75 Å². The Hall–Kier alpha value is -3.22. The lowest BCUT2D eigenvalue weighted by Crippen LogP contribution is -2.41. The van der Waals surface area contributed by atoms with Gasteiger partial charge in [0.05, 0.1) is 30.4 Å². The average Bonchev–Trinajstić information content (AvgIpc) is 2.72. The standard InChI is InChI=1S/C22H25N5O2/c1-14-9-15(2)25-22(24-14)27-8-4-5-17(13-27)21(28)26-18-10-16-6-7-19(29-3)11-20(16)23-12-18/h6-7,9-12,17H,4-5,8,13H2,1-3H3,(H,26,28). The Balaban J connectivity index is 1.47. The highest BCUT2D eigenvalue weighted by atomic mass is 16.5. The highest BCUT2D eigenvalue weighted by Crippen LogP contribution is 2.24. The van der Waals surface area contributed by atoms with Gasteiger partial charge in [-0.05, 0) is 51.0 Å². The van der Waals surface area contributed by atoms with Gasteiger partial charge in [-0.1, -0.05) is 0 Å². The SMILES string of the molecule is COc1ccc2cc(NC(=O)C3CCCN(c4nc(C)cc(C)n4)C3)cnc2c1. The third-order valence-corrected chi connectivity index (χ3v) is 5.20. The third-order valence-electron chi connectivity index (χ3n) is 5.20. The second-order valence-corrected chi connectivity index (χ2v) is 7.51. The molecular formula is C22H25N5O2. The molecular weight excluding hydrogens is 366 g/mol. The number of benzene rings is 1. The summed E-state index contributed by atoms with van der Waals surface area (Å²) in [6, 6.07) is 9.60. The molecule has 0 bridgehead atoms. The maximum absolute atomic E-state index is 12.9. The Morgan fingerprint density at radius 2 is 1.97 bits per heavy atom. The largest absolute Gasteiger partial charge is 0.497 e. The van der Waals surface area contributed by atoms with Gasteiger partial charge in [0.25, 0.3) is 0 Å². The van der Waals surface area contributed by atoms with Crippen LogP contribution in [0.2, 0.25) is 0 Å². The van der Waals surface area contributed by atoms with Crippen LogP contribution in [0.3, 0.4) is 0 Å². The summed E-state index contributed by atoms with van der Waals surface area (Å²) in [7, 11) is 1.63. The van der Waals surface area contributed by atoms with E-state index < -0.39 is 0 Å². The maximum atomic E-state index is 12.9. The quantitative estimate of drug-likeness (QED) is 0.733. The molecule has 29 heavy (non-hydrogen) atoms. The molecule has 4 rings (SSSR count). The number of aryl methyl sites for hydroxylation is 2. The van der Waals surface area contributed by atoms with Gasteiger partial charge in [0.15, 0.2) is 0 Å². The van der Waals surface area contributed by atoms with E-state index in [2.05, 4.69) is 25.2 Å². The molecule has 7 nitrogen and oxygen atoms in total. The number of rotatable bonds is 4. The molecule has 1 N–H and O–H groups in total. The summed E-state index contributed by atoms with van der Waals surface area (Å²) in [5.74, 6) is 1.37. The average molecular weight is 391 g/mol. The van der Waals surface area contributed by atoms with Crippen molar-refractivity contribution < 1.29 is 9.53 Å². The summed E-state index contributed by atoms with van der Waals surface area (Å²) in [5.41, 5.74) is 3.42. The van der Waals surface area contributed by atoms with Crippen molar-refractivity contribution in [2.24, 2.45) is 5.92 Å². The number of pyridine rings is 1. The number of hydrogen-bond donors (Lipinski definition) is 1. The number of carbonyl (C=O) groups is 1. The molecule has 0 saturated carbocycles. The van der Waals surface area contributed by atoms with E-state index in [1.165, 1.54) is 0 Å². The van der Waals surface area contributed by atoms with E-state index in [0.717, 1.165) is 47.4 Å². The number of nitrogens with one attached hydrogen (secondary N) is 1. The van der Waals surface area contributed by atoms with Crippen LogP contribution < -0.4 is 15.0 Å². The van der Waals surface area contributed by atoms with Crippen molar-refractivity contribution in [3.63, 3.8) is 0 Å². The van der Waals surface area contributed by atoms with Crippen molar-refractivity contribution in [1.82, 2.24) is 15.0 Å². The number of piperidine rings is 1. The fraction of sp³-hybridized carbons (Fsp3) is 0.364. The minimum Gasteiger partial charge on any atom is -0.497 e. The summed E-state index contributed by atoms with van der Waals surface area (Å²) in [4.78, 5) is 28.5. The molecule has 1 aliphatic heterocycles. The van der Waals surface area contributed by atoms with Gasteiger partial charge in [0, 0.05) is 35.9 Å². The number of carbonyl (C=O) groups excluding carboxylic acids is 1. The van der Waals surface area contributed by atoms with Crippen LogP contribution in [0.15, 0.2) is 36.5 Å². The van der Waals surface area contributed by atoms with Crippen molar-refractivity contribution in [3.8, 4) is 5.75 Å². The van der Waals surface area contributed by atoms with E-state index in [-0.39, 0.29) is 11.8 Å². The van der Waals surface area contributed by atoms with Crippen LogP contribution in [-0.4, -0.2) is 41.1 Å². The summed E-state index contributed by atoms with van der Waals surface area (Å²) in [5, 5.41) is 3.98. The molecule has 150 valence electrons. The molecule has 3 heterocycles. The number of ether oxygens (including phenoxy) is 1. The normalized spacial score (nSPS) is 16.7. The summed E-state index contributed by atoms with van der Waals surface area (Å²) < 4.78 is 5.23. The summed E-state index contributed by atoms with van der Waals surface area (Å²) in [6.45, 7) is 5.42. The molecule has 1 aromatic carbocycles. The number of fused-ring (bicyclic) bond motifs is 1. The van der Waals surface area contributed by atoms with E-state index in [1.807, 2.05) is 44.2 Å². The van der Waals surface area contributed by atoms with E-state index in [4.69, 9.17) is 4.74 Å². The van der Waals surface area contributed by atoms with Gasteiger partial charge in [-0.15, -0.1) is 0 Å². The topological polar surface area (TPSA) is 80.2 Å². The molecule has 1 unspecified atom stereocenters. The minimum atomic E-state index is -0.111. The minimum absolute atomic E-state index is 0.00809. The maximum Gasteiger partial charge on any atom is 0.229 e. The Kier molecular flexibility index (Phi) is 5.29. The van der Waals surface area contributed by atoms with Crippen LogP contribution in [0, 0.1) is 19.8 Å². The number of methoxy groups -OCH3 is 1. The Bertz CT molecular complexity index is 1030. The predicted octanol–water partition coefficient (Wildman–Crippen LogP) is 3.51.